The summed E-state index contributed by atoms with van der Waals surface area (Å²) in [6, 6.07) is 12.6. The molecule has 0 saturated carbocycles. The van der Waals surface area contributed by atoms with E-state index in [2.05, 4.69) is 56.6 Å². The smallest absolute Gasteiger partial charge is 0.350 e. The van der Waals surface area contributed by atoms with E-state index in [4.69, 9.17) is 0 Å². The molecule has 1 aliphatic rings. The van der Waals surface area contributed by atoms with E-state index >= 15 is 0 Å². The number of hydrogen-bond acceptors (Lipinski definition) is 6. The summed E-state index contributed by atoms with van der Waals surface area (Å²) in [7, 11) is 2.00. The van der Waals surface area contributed by atoms with Crippen LogP contribution in [0.3, 0.4) is 0 Å². The molecule has 13 heteroatoms. The number of fused-ring (bicyclic) bond motifs is 1. The zero-order valence-electron chi connectivity index (χ0n) is 27.8. The lowest BCUT2D eigenvalue weighted by Gasteiger charge is -2.33. The number of alkyl halides is 3. The van der Waals surface area contributed by atoms with E-state index in [0.717, 1.165) is 36.1 Å². The number of benzene rings is 2. The van der Waals surface area contributed by atoms with Gasteiger partial charge in [0.2, 0.25) is 0 Å². The van der Waals surface area contributed by atoms with Gasteiger partial charge >= 0.3 is 12.2 Å². The highest BCUT2D eigenvalue weighted by atomic mass is 19.4. The summed E-state index contributed by atoms with van der Waals surface area (Å²) in [5.41, 5.74) is 4.52. The molecule has 5 aromatic rings. The van der Waals surface area contributed by atoms with Crippen molar-refractivity contribution < 1.29 is 18.0 Å². The van der Waals surface area contributed by atoms with Gasteiger partial charge in [-0.2, -0.15) is 18.3 Å². The zero-order valence-corrected chi connectivity index (χ0v) is 27.8. The Morgan fingerprint density at radius 2 is 1.69 bits per heavy atom. The molecule has 1 saturated heterocycles. The van der Waals surface area contributed by atoms with E-state index in [9.17, 15) is 18.0 Å². The quantitative estimate of drug-likeness (QED) is 0.162. The number of halogens is 3. The predicted octanol–water partition coefficient (Wildman–Crippen LogP) is 6.97. The van der Waals surface area contributed by atoms with Gasteiger partial charge in [-0.25, -0.2) is 9.78 Å². The van der Waals surface area contributed by atoms with Gasteiger partial charge in [0.05, 0.1) is 29.3 Å². The Hall–Kier alpha value is -5.32. The zero-order chi connectivity index (χ0) is 34.7. The van der Waals surface area contributed by atoms with Gasteiger partial charge in [0, 0.05) is 68.1 Å². The van der Waals surface area contributed by atoms with Crippen molar-refractivity contribution in [3.63, 3.8) is 0 Å². The second-order valence-electron chi connectivity index (χ2n) is 12.5. The van der Waals surface area contributed by atoms with Crippen LogP contribution in [0.2, 0.25) is 0 Å². The number of piperazine rings is 1. The van der Waals surface area contributed by atoms with Crippen molar-refractivity contribution in [2.24, 2.45) is 0 Å². The molecule has 2 amide bonds. The highest BCUT2D eigenvalue weighted by molar-refractivity contribution is 6.00. The first-order chi connectivity index (χ1) is 23.4. The molecule has 6 rings (SSSR count). The van der Waals surface area contributed by atoms with Crippen LogP contribution in [0.5, 0.6) is 0 Å². The fourth-order valence-corrected chi connectivity index (χ4v) is 5.60. The Balaban J connectivity index is 1.14. The van der Waals surface area contributed by atoms with Gasteiger partial charge < -0.3 is 20.9 Å². The Morgan fingerprint density at radius 3 is 2.41 bits per heavy atom. The maximum absolute atomic E-state index is 14.0. The normalized spacial score (nSPS) is 14.1. The van der Waals surface area contributed by atoms with E-state index < -0.39 is 17.8 Å². The lowest BCUT2D eigenvalue weighted by molar-refractivity contribution is -0.138. The molecule has 0 unspecified atom stereocenters. The number of likely N-dealkylation sites (N-methyl/N-ethyl adjacent to an activating group) is 1. The third-order valence-electron chi connectivity index (χ3n) is 8.43. The summed E-state index contributed by atoms with van der Waals surface area (Å²) in [4.78, 5) is 21.6. The van der Waals surface area contributed by atoms with Crippen LogP contribution in [0.4, 0.5) is 40.7 Å². The van der Waals surface area contributed by atoms with Crippen LogP contribution in [0.15, 0.2) is 73.3 Å². The van der Waals surface area contributed by atoms with E-state index in [1.807, 2.05) is 58.5 Å². The molecular weight excluding hydrogens is 631 g/mol. The summed E-state index contributed by atoms with van der Waals surface area (Å²) in [6.07, 6.45) is 2.73. The molecule has 0 aliphatic carbocycles. The molecule has 3 N–H and O–H groups in total. The maximum atomic E-state index is 14.0. The molecule has 4 heterocycles. The van der Waals surface area contributed by atoms with Crippen molar-refractivity contribution in [1.82, 2.24) is 29.0 Å². The highest BCUT2D eigenvalue weighted by Crippen LogP contribution is 2.35. The number of amides is 2. The van der Waals surface area contributed by atoms with Crippen molar-refractivity contribution in [2.45, 2.75) is 39.5 Å². The van der Waals surface area contributed by atoms with E-state index in [0.29, 0.717) is 35.7 Å². The number of imidazole rings is 1. The van der Waals surface area contributed by atoms with Crippen LogP contribution in [0, 0.1) is 18.8 Å². The first-order valence-electron chi connectivity index (χ1n) is 16.0. The number of pyridine rings is 1. The summed E-state index contributed by atoms with van der Waals surface area (Å²) in [5, 5.41) is 13.0. The topological polar surface area (TPSA) is 94.8 Å². The third-order valence-corrected chi connectivity index (χ3v) is 8.43. The summed E-state index contributed by atoms with van der Waals surface area (Å²) >= 11 is 0. The van der Waals surface area contributed by atoms with Gasteiger partial charge in [0.25, 0.3) is 0 Å². The lowest BCUT2D eigenvalue weighted by atomic mass is 10.0. The summed E-state index contributed by atoms with van der Waals surface area (Å²) in [5.74, 6) is 6.35. The van der Waals surface area contributed by atoms with E-state index in [-0.39, 0.29) is 23.8 Å². The molecular formula is C36H38F3N9O. The van der Waals surface area contributed by atoms with Crippen LogP contribution in [0.25, 0.3) is 5.65 Å². The highest BCUT2D eigenvalue weighted by Gasteiger charge is 2.34. The molecule has 0 atom stereocenters. The molecule has 254 valence electrons. The number of anilines is 4. The standard InChI is InChI=1S/C36H38F3N9O/c1-24(2)48-23-30(20-41-48)42-33-6-5-13-47-31(21-40-34(33)47)12-9-26-18-28(10-7-25(26)3)43-35(49)44-29-11-8-27(32(19-29)36(37,38)39)22-46-16-14-45(4)15-17-46/h5-8,10-11,13,18-21,23-24,42H,14-17,22H2,1-4H3,(H2,43,44,49). The van der Waals surface area contributed by atoms with Crippen LogP contribution < -0.4 is 16.0 Å². The summed E-state index contributed by atoms with van der Waals surface area (Å²) < 4.78 is 45.8. The Kier molecular flexibility index (Phi) is 9.62. The predicted molar refractivity (Wildman–Crippen MR) is 185 cm³/mol. The van der Waals surface area contributed by atoms with Gasteiger partial charge in [-0.15, -0.1) is 0 Å². The van der Waals surface area contributed by atoms with Crippen molar-refractivity contribution in [1.29, 1.82) is 0 Å². The fraction of sp³-hybridized carbons (Fsp3) is 0.306. The van der Waals surface area contributed by atoms with Gasteiger partial charge in [-0.05, 0) is 81.3 Å². The van der Waals surface area contributed by atoms with Crippen LogP contribution in [0.1, 0.15) is 47.8 Å². The van der Waals surface area contributed by atoms with Gasteiger partial charge in [0.15, 0.2) is 5.65 Å². The monoisotopic (exact) mass is 669 g/mol. The fourth-order valence-electron chi connectivity index (χ4n) is 5.60. The minimum Gasteiger partial charge on any atom is -0.350 e. The molecule has 1 fully saturated rings. The number of urea groups is 1. The molecule has 0 radical (unpaired) electrons. The number of rotatable bonds is 7. The number of carbonyl (C=O) groups is 1. The van der Waals surface area contributed by atoms with E-state index in [1.165, 1.54) is 12.1 Å². The Labute approximate surface area is 282 Å². The molecule has 0 bridgehead atoms. The molecule has 3 aromatic heterocycles. The number of aromatic nitrogens is 4. The van der Waals surface area contributed by atoms with Gasteiger partial charge in [-0.3, -0.25) is 14.0 Å². The largest absolute Gasteiger partial charge is 0.416 e. The van der Waals surface area contributed by atoms with Gasteiger partial charge in [0.1, 0.15) is 5.69 Å². The SMILES string of the molecule is Cc1ccc(NC(=O)Nc2ccc(CN3CCN(C)CC3)c(C(F)(F)F)c2)cc1C#Cc1cnc2c(Nc3cnn(C(C)C)c3)cccn12. The Morgan fingerprint density at radius 1 is 0.959 bits per heavy atom. The summed E-state index contributed by atoms with van der Waals surface area (Å²) in [6.45, 7) is 9.23. The van der Waals surface area contributed by atoms with E-state index in [1.54, 1.807) is 24.5 Å². The van der Waals surface area contributed by atoms with Gasteiger partial charge in [-0.1, -0.05) is 18.1 Å². The molecule has 2 aromatic carbocycles. The number of nitrogens with zero attached hydrogens (tertiary/aromatic N) is 6. The van der Waals surface area contributed by atoms with Crippen molar-refractivity contribution in [3.05, 3.63) is 101 Å². The van der Waals surface area contributed by atoms with Crippen LogP contribution in [-0.2, 0) is 12.7 Å². The second-order valence-corrected chi connectivity index (χ2v) is 12.5. The van der Waals surface area contributed by atoms with Crippen LogP contribution in [-0.4, -0.2) is 68.2 Å². The van der Waals surface area contributed by atoms with Crippen LogP contribution >= 0.6 is 0 Å². The number of carbonyl (C=O) groups excluding carboxylic acids is 1. The minimum absolute atomic E-state index is 0.0503. The molecule has 10 nitrogen and oxygen atoms in total. The number of nitrogens with one attached hydrogen (secondary N) is 3. The number of aryl methyl sites for hydroxylation is 1. The average Bonchev–Trinajstić information content (AvgIpc) is 3.70. The second kappa shape index (κ2) is 14.0. The number of hydrogen-bond donors (Lipinski definition) is 3. The average molecular weight is 670 g/mol. The third kappa shape index (κ3) is 8.05. The minimum atomic E-state index is -4.56. The van der Waals surface area contributed by atoms with Crippen molar-refractivity contribution in [3.8, 4) is 11.8 Å². The lowest BCUT2D eigenvalue weighted by Crippen LogP contribution is -2.44. The Bertz CT molecular complexity index is 2030. The van der Waals surface area contributed by atoms with Crippen molar-refractivity contribution >= 4 is 34.4 Å². The maximum Gasteiger partial charge on any atom is 0.416 e. The van der Waals surface area contributed by atoms with Crippen molar-refractivity contribution in [2.75, 3.05) is 49.2 Å². The first kappa shape index (κ1) is 33.6. The molecule has 1 aliphatic heterocycles. The molecule has 49 heavy (non-hydrogen) atoms. The molecule has 0 spiro atoms. The first-order valence-corrected chi connectivity index (χ1v) is 16.0.